The number of carbonyl (C=O) groups is 1. The molecule has 1 aliphatic heterocycles. The van der Waals surface area contributed by atoms with Gasteiger partial charge in [0.1, 0.15) is 0 Å². The van der Waals surface area contributed by atoms with Crippen LogP contribution < -0.4 is 5.32 Å². The fraction of sp³-hybridized carbons (Fsp3) is 0.909. The van der Waals surface area contributed by atoms with Gasteiger partial charge in [-0.25, -0.2) is 0 Å². The number of ether oxygens (including phenoxy) is 1. The summed E-state index contributed by atoms with van der Waals surface area (Å²) in [5, 5.41) is 11.5. The highest BCUT2D eigenvalue weighted by Crippen LogP contribution is 2.11. The largest absolute Gasteiger partial charge is 0.481 e. The maximum Gasteiger partial charge on any atom is 0.308 e. The van der Waals surface area contributed by atoms with Crippen molar-refractivity contribution in [3.8, 4) is 0 Å². The van der Waals surface area contributed by atoms with Gasteiger partial charge in [-0.1, -0.05) is 0 Å². The third kappa shape index (κ3) is 7.33. The van der Waals surface area contributed by atoms with Gasteiger partial charge in [0.2, 0.25) is 0 Å². The molecule has 0 aromatic carbocycles. The predicted octanol–water partition coefficient (Wildman–Crippen LogP) is 1.50. The van der Waals surface area contributed by atoms with Crippen LogP contribution in [-0.4, -0.2) is 36.9 Å². The first kappa shape index (κ1) is 14.4. The zero-order valence-electron chi connectivity index (χ0n) is 10.2. The van der Waals surface area contributed by atoms with Gasteiger partial charge in [-0.05, 0) is 40.7 Å². The molecule has 1 heterocycles. The van der Waals surface area contributed by atoms with E-state index in [9.17, 15) is 4.79 Å². The second-order valence-corrected chi connectivity index (χ2v) is 4.63. The Balaban J connectivity index is 0.000000265. The molecule has 0 radical (unpaired) electrons. The minimum absolute atomic E-state index is 0.500. The zero-order valence-corrected chi connectivity index (χ0v) is 10.2. The summed E-state index contributed by atoms with van der Waals surface area (Å²) in [5.74, 6) is -0.757. The van der Waals surface area contributed by atoms with E-state index in [1.165, 1.54) is 6.42 Å². The number of aliphatic carboxylic acids is 1. The van der Waals surface area contributed by atoms with Crippen molar-refractivity contribution in [2.24, 2.45) is 5.41 Å². The van der Waals surface area contributed by atoms with Crippen molar-refractivity contribution < 1.29 is 14.6 Å². The van der Waals surface area contributed by atoms with E-state index in [0.717, 1.165) is 19.7 Å². The highest BCUT2D eigenvalue weighted by atomic mass is 16.5. The normalized spacial score (nSPS) is 20.7. The summed E-state index contributed by atoms with van der Waals surface area (Å²) in [7, 11) is 0. The monoisotopic (exact) mass is 217 g/mol. The molecule has 1 rings (SSSR count). The third-order valence-corrected chi connectivity index (χ3v) is 2.06. The van der Waals surface area contributed by atoms with E-state index in [1.54, 1.807) is 20.8 Å². The van der Waals surface area contributed by atoms with Crippen molar-refractivity contribution in [1.82, 2.24) is 5.32 Å². The minimum atomic E-state index is -0.757. The number of carboxylic acid groups (broad SMARTS) is 1. The molecule has 0 aromatic heterocycles. The first-order valence-electron chi connectivity index (χ1n) is 5.43. The van der Waals surface area contributed by atoms with E-state index in [-0.39, 0.29) is 0 Å². The van der Waals surface area contributed by atoms with Crippen LogP contribution in [-0.2, 0) is 9.53 Å². The molecule has 1 atom stereocenters. The average molecular weight is 217 g/mol. The Morgan fingerprint density at radius 3 is 2.33 bits per heavy atom. The van der Waals surface area contributed by atoms with Gasteiger partial charge in [0.15, 0.2) is 0 Å². The fourth-order valence-corrected chi connectivity index (χ4v) is 1.01. The molecule has 0 spiro atoms. The molecule has 1 aliphatic rings. The lowest BCUT2D eigenvalue weighted by Crippen LogP contribution is -2.18. The van der Waals surface area contributed by atoms with Gasteiger partial charge >= 0.3 is 5.97 Å². The van der Waals surface area contributed by atoms with E-state index in [0.29, 0.717) is 6.10 Å². The van der Waals surface area contributed by atoms with Crippen molar-refractivity contribution in [2.45, 2.75) is 40.2 Å². The van der Waals surface area contributed by atoms with Crippen molar-refractivity contribution in [1.29, 1.82) is 0 Å². The maximum absolute atomic E-state index is 10.0. The van der Waals surface area contributed by atoms with Gasteiger partial charge < -0.3 is 15.2 Å². The van der Waals surface area contributed by atoms with Crippen LogP contribution in [0.1, 0.15) is 34.1 Å². The quantitative estimate of drug-likeness (QED) is 0.736. The predicted molar refractivity (Wildman–Crippen MR) is 60.0 cm³/mol. The molecule has 0 aliphatic carbocycles. The second-order valence-electron chi connectivity index (χ2n) is 4.63. The second kappa shape index (κ2) is 6.80. The zero-order chi connectivity index (χ0) is 11.9. The smallest absolute Gasteiger partial charge is 0.308 e. The summed E-state index contributed by atoms with van der Waals surface area (Å²) < 4.78 is 5.34. The molecule has 1 saturated heterocycles. The van der Waals surface area contributed by atoms with E-state index >= 15 is 0 Å². The average Bonchev–Trinajstić information content (AvgIpc) is 2.57. The molecule has 1 unspecified atom stereocenters. The highest BCUT2D eigenvalue weighted by molar-refractivity contribution is 5.72. The van der Waals surface area contributed by atoms with Gasteiger partial charge in [0.05, 0.1) is 11.5 Å². The molecule has 0 amide bonds. The molecular formula is C11H23NO3. The molecule has 0 aromatic rings. The van der Waals surface area contributed by atoms with Gasteiger partial charge in [-0.2, -0.15) is 0 Å². The Morgan fingerprint density at radius 2 is 2.07 bits per heavy atom. The number of hydrogen-bond donors (Lipinski definition) is 2. The Labute approximate surface area is 92.0 Å². The van der Waals surface area contributed by atoms with Crippen LogP contribution in [0.5, 0.6) is 0 Å². The molecule has 90 valence electrons. The molecule has 4 nitrogen and oxygen atoms in total. The summed E-state index contributed by atoms with van der Waals surface area (Å²) in [4.78, 5) is 10.0. The lowest BCUT2D eigenvalue weighted by Gasteiger charge is -2.08. The number of rotatable bonds is 2. The summed E-state index contributed by atoms with van der Waals surface area (Å²) in [5.41, 5.74) is -0.583. The van der Waals surface area contributed by atoms with Crippen LogP contribution in [0.15, 0.2) is 0 Å². The van der Waals surface area contributed by atoms with Crippen LogP contribution in [0.25, 0.3) is 0 Å². The minimum Gasteiger partial charge on any atom is -0.481 e. The summed E-state index contributed by atoms with van der Waals surface area (Å²) in [6.45, 7) is 10.1. The van der Waals surface area contributed by atoms with E-state index in [4.69, 9.17) is 9.84 Å². The SMILES string of the molecule is CC(C)(C)C(=O)O.CCOC1CCNC1. The van der Waals surface area contributed by atoms with E-state index in [1.807, 2.05) is 6.92 Å². The van der Waals surface area contributed by atoms with Crippen molar-refractivity contribution >= 4 is 5.97 Å². The Kier molecular flexibility index (Phi) is 6.52. The Bertz CT molecular complexity index is 181. The van der Waals surface area contributed by atoms with Crippen molar-refractivity contribution in [2.75, 3.05) is 19.7 Å². The summed E-state index contributed by atoms with van der Waals surface area (Å²) >= 11 is 0. The lowest BCUT2D eigenvalue weighted by atomic mass is 9.98. The van der Waals surface area contributed by atoms with Gasteiger partial charge in [-0.15, -0.1) is 0 Å². The third-order valence-electron chi connectivity index (χ3n) is 2.06. The van der Waals surface area contributed by atoms with Gasteiger partial charge in [0, 0.05) is 13.2 Å². The van der Waals surface area contributed by atoms with Crippen LogP contribution in [0.3, 0.4) is 0 Å². The molecular weight excluding hydrogens is 194 g/mol. The summed E-state index contributed by atoms with van der Waals surface area (Å²) in [6, 6.07) is 0. The molecule has 4 heteroatoms. The first-order chi connectivity index (χ1) is 6.88. The van der Waals surface area contributed by atoms with E-state index in [2.05, 4.69) is 5.32 Å². The van der Waals surface area contributed by atoms with E-state index < -0.39 is 11.4 Å². The Hall–Kier alpha value is -0.610. The molecule has 0 bridgehead atoms. The van der Waals surface area contributed by atoms with Gasteiger partial charge in [0.25, 0.3) is 0 Å². The number of hydrogen-bond acceptors (Lipinski definition) is 3. The number of nitrogens with one attached hydrogen (secondary N) is 1. The maximum atomic E-state index is 10.0. The molecule has 15 heavy (non-hydrogen) atoms. The van der Waals surface area contributed by atoms with Crippen molar-refractivity contribution in [3.05, 3.63) is 0 Å². The topological polar surface area (TPSA) is 58.6 Å². The fourth-order valence-electron chi connectivity index (χ4n) is 1.01. The Morgan fingerprint density at radius 1 is 1.53 bits per heavy atom. The van der Waals surface area contributed by atoms with Crippen LogP contribution in [0, 0.1) is 5.41 Å². The van der Waals surface area contributed by atoms with Crippen LogP contribution in [0.4, 0.5) is 0 Å². The highest BCUT2D eigenvalue weighted by Gasteiger charge is 2.18. The molecule has 2 N–H and O–H groups in total. The molecule has 0 saturated carbocycles. The van der Waals surface area contributed by atoms with Crippen molar-refractivity contribution in [3.63, 3.8) is 0 Å². The number of carboxylic acids is 1. The summed E-state index contributed by atoms with van der Waals surface area (Å²) in [6.07, 6.45) is 1.69. The first-order valence-corrected chi connectivity index (χ1v) is 5.43. The van der Waals surface area contributed by atoms with Crippen LogP contribution >= 0.6 is 0 Å². The molecule has 1 fully saturated rings. The van der Waals surface area contributed by atoms with Gasteiger partial charge in [-0.3, -0.25) is 4.79 Å². The lowest BCUT2D eigenvalue weighted by molar-refractivity contribution is -0.145. The standard InChI is InChI=1S/C6H13NO.C5H10O2/c1-2-8-6-3-4-7-5-6;1-5(2,3)4(6)7/h6-7H,2-5H2,1H3;1-3H3,(H,6,7). The van der Waals surface area contributed by atoms with Crippen LogP contribution in [0.2, 0.25) is 0 Å².